The van der Waals surface area contributed by atoms with Crippen molar-refractivity contribution in [2.45, 2.75) is 128 Å². The number of para-hydroxylation sites is 2. The molecule has 2 aromatic rings. The van der Waals surface area contributed by atoms with Crippen LogP contribution in [0.5, 0.6) is 11.5 Å². The van der Waals surface area contributed by atoms with Gasteiger partial charge in [0.1, 0.15) is 13.2 Å². The van der Waals surface area contributed by atoms with E-state index in [1.807, 2.05) is 12.1 Å². The van der Waals surface area contributed by atoms with Crippen molar-refractivity contribution in [2.24, 2.45) is 5.92 Å². The average molecular weight is 877 g/mol. The quantitative estimate of drug-likeness (QED) is 0.0495. The van der Waals surface area contributed by atoms with Gasteiger partial charge in [0.15, 0.2) is 11.5 Å². The van der Waals surface area contributed by atoms with Gasteiger partial charge < -0.3 is 9.47 Å². The van der Waals surface area contributed by atoms with Crippen molar-refractivity contribution in [3.63, 3.8) is 0 Å². The van der Waals surface area contributed by atoms with Gasteiger partial charge in [-0.05, 0) is 107 Å². The van der Waals surface area contributed by atoms with Crippen LogP contribution in [0.15, 0.2) is 60.7 Å². The molecule has 14 nitrogen and oxygen atoms in total. The number of hydrogen-bond donors (Lipinski definition) is 0. The third-order valence-corrected chi connectivity index (χ3v) is 10.9. The van der Waals surface area contributed by atoms with E-state index < -0.39 is 16.5 Å². The van der Waals surface area contributed by atoms with Gasteiger partial charge in [-0.1, -0.05) is 75.4 Å². The highest BCUT2D eigenvalue weighted by Gasteiger charge is 2.23. The number of carbonyl (C=O) groups is 2. The topological polar surface area (TPSA) is 176 Å². The highest BCUT2D eigenvalue weighted by atomic mass is 31.1. The van der Waals surface area contributed by atoms with Gasteiger partial charge >= 0.3 is 33.9 Å². The number of ether oxygens (including phenoxy) is 2. The zero-order chi connectivity index (χ0) is 41.4. The van der Waals surface area contributed by atoms with E-state index in [2.05, 4.69) is 16.4 Å². The van der Waals surface area contributed by atoms with Crippen LogP contribution in [0.1, 0.15) is 116 Å². The summed E-state index contributed by atoms with van der Waals surface area (Å²) < 4.78 is 82.6. The molecular formula is C39H60O14P4+2. The summed E-state index contributed by atoms with van der Waals surface area (Å²) in [5.74, 6) is 1.89. The van der Waals surface area contributed by atoms with Crippen molar-refractivity contribution in [2.75, 3.05) is 26.4 Å². The van der Waals surface area contributed by atoms with Crippen LogP contribution in [0.4, 0.5) is 0 Å². The van der Waals surface area contributed by atoms with Gasteiger partial charge in [0.05, 0.1) is 25.4 Å². The minimum atomic E-state index is -2.15. The van der Waals surface area contributed by atoms with Gasteiger partial charge in [0, 0.05) is 9.13 Å². The van der Waals surface area contributed by atoms with E-state index in [1.54, 1.807) is 48.5 Å². The standard InChI is InChI=1S/C18H22O6P2.C8H14O4.C7H13O2P.C6H11O2P/c19-25(23-17-11-5-3-6-12-17)21-15-9-1-2-10-16-22-26(20)24-18-13-7-4-8-14-18;9-7-11-5-3-1-2-4-6-12-8-10;1-6-2-4-7(5-3-6)9-10-8;7-9-8-6-4-2-1-3-5-6/h3-8,11-14H,1-2,9-10,15-16H2;7-8H,1-6H2;6-7H,2-5H2,1H3;6H,1-5H2/q+2;;;. The van der Waals surface area contributed by atoms with E-state index in [4.69, 9.17) is 27.1 Å². The number of benzene rings is 2. The zero-order valence-corrected chi connectivity index (χ0v) is 36.6. The molecule has 57 heavy (non-hydrogen) atoms. The van der Waals surface area contributed by atoms with Crippen LogP contribution < -0.4 is 9.05 Å². The molecule has 2 aliphatic carbocycles. The second kappa shape index (κ2) is 38.7. The van der Waals surface area contributed by atoms with Crippen LogP contribution in [-0.2, 0) is 55.4 Å². The van der Waals surface area contributed by atoms with Gasteiger partial charge in [-0.3, -0.25) is 18.6 Å². The molecule has 2 saturated carbocycles. The summed E-state index contributed by atoms with van der Waals surface area (Å²) in [7, 11) is -4.60. The number of hydrogen-bond acceptors (Lipinski definition) is 14. The molecule has 0 N–H and O–H groups in total. The van der Waals surface area contributed by atoms with Crippen molar-refractivity contribution >= 4 is 46.8 Å². The number of unbranched alkanes of at least 4 members (excludes halogenated alkanes) is 6. The smallest absolute Gasteiger partial charge is 0.468 e. The fourth-order valence-electron chi connectivity index (χ4n) is 5.47. The van der Waals surface area contributed by atoms with E-state index in [1.165, 1.54) is 32.1 Å². The van der Waals surface area contributed by atoms with Crippen LogP contribution >= 0.6 is 33.9 Å². The van der Waals surface area contributed by atoms with Crippen LogP contribution in [0, 0.1) is 5.92 Å². The van der Waals surface area contributed by atoms with E-state index in [0.717, 1.165) is 83.0 Å². The second-order valence-corrected chi connectivity index (χ2v) is 15.7. The molecule has 0 radical (unpaired) electrons. The highest BCUT2D eigenvalue weighted by Crippen LogP contribution is 2.30. The molecule has 18 heteroatoms. The molecule has 2 aliphatic rings. The molecule has 0 bridgehead atoms. The normalized spacial score (nSPS) is 16.9. The van der Waals surface area contributed by atoms with Crippen molar-refractivity contribution in [1.82, 2.24) is 0 Å². The molecular weight excluding hydrogens is 816 g/mol. The predicted octanol–water partition coefficient (Wildman–Crippen LogP) is 12.3. The van der Waals surface area contributed by atoms with Crippen molar-refractivity contribution in [3.8, 4) is 11.5 Å². The van der Waals surface area contributed by atoms with E-state index in [9.17, 15) is 27.8 Å². The Morgan fingerprint density at radius 1 is 0.544 bits per heavy atom. The van der Waals surface area contributed by atoms with E-state index >= 15 is 0 Å². The summed E-state index contributed by atoms with van der Waals surface area (Å²) in [6.45, 7) is 4.87. The Kier molecular flexibility index (Phi) is 35.5. The molecule has 0 aliphatic heterocycles. The van der Waals surface area contributed by atoms with Crippen LogP contribution in [0.25, 0.3) is 0 Å². The monoisotopic (exact) mass is 876 g/mol. The Morgan fingerprint density at radius 2 is 0.930 bits per heavy atom. The Labute approximate surface area is 343 Å². The lowest BCUT2D eigenvalue weighted by Gasteiger charge is -2.23. The summed E-state index contributed by atoms with van der Waals surface area (Å²) in [5.41, 5.74) is 0. The van der Waals surface area contributed by atoms with Gasteiger partial charge in [-0.25, -0.2) is 18.2 Å². The van der Waals surface area contributed by atoms with Gasteiger partial charge in [-0.15, -0.1) is 9.05 Å². The fraction of sp³-hybridized carbons (Fsp3) is 0.641. The van der Waals surface area contributed by atoms with Crippen LogP contribution in [0.2, 0.25) is 0 Å². The first kappa shape index (κ1) is 52.2. The molecule has 0 aromatic heterocycles. The lowest BCUT2D eigenvalue weighted by molar-refractivity contribution is -0.129. The third-order valence-electron chi connectivity index (χ3n) is 8.59. The SMILES string of the molecule is CC1CCC(OP=O)CC1.O=COCCCCCCOC=O.O=POC1CCCCC1.O=[P+](OCCCCCCO[P+](=O)Oc1ccccc1)Oc1ccccc1. The molecule has 318 valence electrons. The third kappa shape index (κ3) is 32.8. The largest absolute Gasteiger partial charge is 0.750 e. The first-order valence-electron chi connectivity index (χ1n) is 19.7. The molecule has 2 aromatic carbocycles. The maximum Gasteiger partial charge on any atom is 0.750 e. The van der Waals surface area contributed by atoms with E-state index in [0.29, 0.717) is 50.9 Å². The lowest BCUT2D eigenvalue weighted by atomic mass is 9.89. The van der Waals surface area contributed by atoms with Gasteiger partial charge in [0.25, 0.3) is 12.9 Å². The maximum absolute atomic E-state index is 11.6. The first-order valence-corrected chi connectivity index (χ1v) is 23.3. The maximum atomic E-state index is 11.6. The highest BCUT2D eigenvalue weighted by molar-refractivity contribution is 7.34. The molecule has 2 fully saturated rings. The summed E-state index contributed by atoms with van der Waals surface area (Å²) in [6.07, 6.45) is 18.2. The molecule has 0 spiro atoms. The molecule has 2 unspecified atom stereocenters. The molecule has 0 amide bonds. The summed E-state index contributed by atoms with van der Waals surface area (Å²) in [5, 5.41) is 0. The average Bonchev–Trinajstić information content (AvgIpc) is 3.23. The van der Waals surface area contributed by atoms with Crippen LogP contribution in [-0.4, -0.2) is 51.6 Å². The Bertz CT molecular complexity index is 1220. The first-order chi connectivity index (χ1) is 27.9. The number of rotatable bonds is 26. The van der Waals surface area contributed by atoms with Crippen molar-refractivity contribution in [3.05, 3.63) is 60.7 Å². The summed E-state index contributed by atoms with van der Waals surface area (Å²) >= 11 is 0. The lowest BCUT2D eigenvalue weighted by Crippen LogP contribution is -2.16. The van der Waals surface area contributed by atoms with Crippen molar-refractivity contribution in [1.29, 1.82) is 0 Å². The van der Waals surface area contributed by atoms with Crippen LogP contribution in [0.3, 0.4) is 0 Å². The minimum Gasteiger partial charge on any atom is -0.468 e. The predicted molar refractivity (Wildman–Crippen MR) is 218 cm³/mol. The number of carbonyl (C=O) groups excluding carboxylic acids is 2. The second-order valence-electron chi connectivity index (χ2n) is 13.2. The Morgan fingerprint density at radius 3 is 1.32 bits per heavy atom. The Balaban J connectivity index is 0.000000432. The summed E-state index contributed by atoms with van der Waals surface area (Å²) in [4.78, 5) is 19.4. The molecule has 2 atom stereocenters. The fourth-order valence-corrected chi connectivity index (χ4v) is 7.39. The minimum absolute atomic E-state index is 0.152. The van der Waals surface area contributed by atoms with Gasteiger partial charge in [0.2, 0.25) is 0 Å². The summed E-state index contributed by atoms with van der Waals surface area (Å²) in [6, 6.07) is 17.8. The Hall–Kier alpha value is -2.78. The van der Waals surface area contributed by atoms with Crippen molar-refractivity contribution < 1.29 is 64.5 Å². The zero-order valence-electron chi connectivity index (χ0n) is 33.0. The molecule has 0 heterocycles. The molecule has 0 saturated heterocycles. The van der Waals surface area contributed by atoms with E-state index in [-0.39, 0.29) is 29.6 Å². The van der Waals surface area contributed by atoms with Gasteiger partial charge in [-0.2, -0.15) is 0 Å². The molecule has 4 rings (SSSR count).